The lowest BCUT2D eigenvalue weighted by molar-refractivity contribution is -0.141. The molecule has 1 aromatic heterocycles. The highest BCUT2D eigenvalue weighted by molar-refractivity contribution is 5.37. The molecule has 106 valence electrons. The average Bonchev–Trinajstić information content (AvgIpc) is 2.35. The van der Waals surface area contributed by atoms with E-state index >= 15 is 0 Å². The highest BCUT2D eigenvalue weighted by Crippen LogP contribution is 2.28. The zero-order valence-electron chi connectivity index (χ0n) is 10.3. The van der Waals surface area contributed by atoms with Crippen molar-refractivity contribution in [2.45, 2.75) is 37.7 Å². The van der Waals surface area contributed by atoms with Gasteiger partial charge in [0.15, 0.2) is 5.69 Å². The molecule has 0 aromatic carbocycles. The molecule has 3 N–H and O–H groups in total. The average molecular weight is 276 g/mol. The number of rotatable bonds is 4. The van der Waals surface area contributed by atoms with Gasteiger partial charge in [-0.1, -0.05) is 0 Å². The van der Waals surface area contributed by atoms with E-state index in [9.17, 15) is 13.2 Å². The van der Waals surface area contributed by atoms with Gasteiger partial charge in [0.2, 0.25) is 0 Å². The first-order valence-corrected chi connectivity index (χ1v) is 5.96. The Morgan fingerprint density at radius 3 is 2.63 bits per heavy atom. The SMILES string of the molecule is CCOC1CC(N)C1Nc1ccc(C(F)(F)F)nn1. The molecule has 0 radical (unpaired) electrons. The van der Waals surface area contributed by atoms with E-state index < -0.39 is 11.9 Å². The lowest BCUT2D eigenvalue weighted by Crippen LogP contribution is -2.60. The van der Waals surface area contributed by atoms with E-state index in [-0.39, 0.29) is 24.0 Å². The number of nitrogens with one attached hydrogen (secondary N) is 1. The van der Waals surface area contributed by atoms with Crippen LogP contribution >= 0.6 is 0 Å². The van der Waals surface area contributed by atoms with E-state index in [0.29, 0.717) is 6.61 Å². The second kappa shape index (κ2) is 5.30. The number of aromatic nitrogens is 2. The maximum absolute atomic E-state index is 12.3. The summed E-state index contributed by atoms with van der Waals surface area (Å²) in [5, 5.41) is 9.59. The predicted molar refractivity (Wildman–Crippen MR) is 62.5 cm³/mol. The van der Waals surface area contributed by atoms with Gasteiger partial charge in [-0.25, -0.2) is 0 Å². The minimum Gasteiger partial charge on any atom is -0.376 e. The first kappa shape index (κ1) is 14.0. The van der Waals surface area contributed by atoms with Gasteiger partial charge in [0.1, 0.15) is 5.82 Å². The summed E-state index contributed by atoms with van der Waals surface area (Å²) in [5.74, 6) is 0.262. The molecule has 0 amide bonds. The molecule has 0 saturated heterocycles. The number of anilines is 1. The van der Waals surface area contributed by atoms with Crippen molar-refractivity contribution in [3.05, 3.63) is 17.8 Å². The Morgan fingerprint density at radius 1 is 1.42 bits per heavy atom. The smallest absolute Gasteiger partial charge is 0.376 e. The number of hydrogen-bond acceptors (Lipinski definition) is 5. The molecule has 2 rings (SSSR count). The topological polar surface area (TPSA) is 73.1 Å². The van der Waals surface area contributed by atoms with Gasteiger partial charge < -0.3 is 15.8 Å². The number of alkyl halides is 3. The Balaban J connectivity index is 1.99. The molecular weight excluding hydrogens is 261 g/mol. The monoisotopic (exact) mass is 276 g/mol. The molecule has 19 heavy (non-hydrogen) atoms. The standard InChI is InChI=1S/C11H15F3N4O/c1-2-19-7-5-6(15)10(7)16-9-4-3-8(17-18-9)11(12,13)14/h3-4,6-7,10H,2,5,15H2,1H3,(H,16,18). The van der Waals surface area contributed by atoms with Gasteiger partial charge in [-0.2, -0.15) is 13.2 Å². The van der Waals surface area contributed by atoms with E-state index in [0.717, 1.165) is 12.5 Å². The zero-order valence-corrected chi connectivity index (χ0v) is 10.3. The van der Waals surface area contributed by atoms with Gasteiger partial charge in [0, 0.05) is 12.6 Å². The summed E-state index contributed by atoms with van der Waals surface area (Å²) in [6, 6.07) is 1.88. The maximum atomic E-state index is 12.3. The van der Waals surface area contributed by atoms with Crippen LogP contribution in [-0.2, 0) is 10.9 Å². The fourth-order valence-electron chi connectivity index (χ4n) is 1.96. The van der Waals surface area contributed by atoms with Crippen molar-refractivity contribution in [3.63, 3.8) is 0 Å². The molecule has 1 aliphatic rings. The Labute approximate surface area is 108 Å². The lowest BCUT2D eigenvalue weighted by atomic mass is 9.83. The molecule has 1 heterocycles. The van der Waals surface area contributed by atoms with Gasteiger partial charge in [-0.15, -0.1) is 10.2 Å². The summed E-state index contributed by atoms with van der Waals surface area (Å²) in [7, 11) is 0. The summed E-state index contributed by atoms with van der Waals surface area (Å²) in [6.45, 7) is 2.44. The summed E-state index contributed by atoms with van der Waals surface area (Å²) in [4.78, 5) is 0. The first-order valence-electron chi connectivity index (χ1n) is 5.96. The molecular formula is C11H15F3N4O. The number of ether oxygens (including phenoxy) is 1. The second-order valence-corrected chi connectivity index (χ2v) is 4.37. The van der Waals surface area contributed by atoms with Crippen molar-refractivity contribution in [1.29, 1.82) is 0 Å². The van der Waals surface area contributed by atoms with Crippen LogP contribution in [0.25, 0.3) is 0 Å². The highest BCUT2D eigenvalue weighted by atomic mass is 19.4. The summed E-state index contributed by atoms with van der Waals surface area (Å²) < 4.78 is 42.4. The minimum atomic E-state index is -4.48. The van der Waals surface area contributed by atoms with E-state index in [1.54, 1.807) is 0 Å². The van der Waals surface area contributed by atoms with Gasteiger partial charge in [0.05, 0.1) is 12.1 Å². The van der Waals surface area contributed by atoms with Crippen molar-refractivity contribution in [1.82, 2.24) is 10.2 Å². The van der Waals surface area contributed by atoms with Crippen LogP contribution in [0.2, 0.25) is 0 Å². The first-order chi connectivity index (χ1) is 8.91. The Hall–Kier alpha value is -1.41. The highest BCUT2D eigenvalue weighted by Gasteiger charge is 2.40. The molecule has 0 bridgehead atoms. The van der Waals surface area contributed by atoms with Crippen molar-refractivity contribution >= 4 is 5.82 Å². The van der Waals surface area contributed by atoms with Gasteiger partial charge >= 0.3 is 6.18 Å². The quantitative estimate of drug-likeness (QED) is 0.870. The molecule has 3 atom stereocenters. The molecule has 1 aliphatic carbocycles. The van der Waals surface area contributed by atoms with Crippen LogP contribution in [-0.4, -0.2) is 35.0 Å². The van der Waals surface area contributed by atoms with Crippen LogP contribution in [0.1, 0.15) is 19.0 Å². The molecule has 0 aliphatic heterocycles. The lowest BCUT2D eigenvalue weighted by Gasteiger charge is -2.42. The molecule has 1 aromatic rings. The molecule has 3 unspecified atom stereocenters. The van der Waals surface area contributed by atoms with E-state index in [4.69, 9.17) is 10.5 Å². The van der Waals surface area contributed by atoms with Crippen molar-refractivity contribution < 1.29 is 17.9 Å². The van der Waals surface area contributed by atoms with Crippen LogP contribution in [0, 0.1) is 0 Å². The van der Waals surface area contributed by atoms with E-state index in [2.05, 4.69) is 15.5 Å². The van der Waals surface area contributed by atoms with Crippen molar-refractivity contribution in [2.75, 3.05) is 11.9 Å². The summed E-state index contributed by atoms with van der Waals surface area (Å²) in [6.07, 6.45) is -3.80. The number of nitrogens with zero attached hydrogens (tertiary/aromatic N) is 2. The normalized spacial score (nSPS) is 26.9. The van der Waals surface area contributed by atoms with Crippen LogP contribution in [0.5, 0.6) is 0 Å². The Morgan fingerprint density at radius 2 is 2.16 bits per heavy atom. The fourth-order valence-corrected chi connectivity index (χ4v) is 1.96. The van der Waals surface area contributed by atoms with Crippen molar-refractivity contribution in [3.8, 4) is 0 Å². The molecule has 1 fully saturated rings. The largest absolute Gasteiger partial charge is 0.435 e. The van der Waals surface area contributed by atoms with Gasteiger partial charge in [-0.05, 0) is 25.5 Å². The second-order valence-electron chi connectivity index (χ2n) is 4.37. The number of nitrogens with two attached hydrogens (primary N) is 1. The van der Waals surface area contributed by atoms with Crippen LogP contribution < -0.4 is 11.1 Å². The van der Waals surface area contributed by atoms with Crippen LogP contribution in [0.4, 0.5) is 19.0 Å². The maximum Gasteiger partial charge on any atom is 0.435 e. The zero-order chi connectivity index (χ0) is 14.0. The van der Waals surface area contributed by atoms with E-state index in [1.165, 1.54) is 6.07 Å². The number of halogens is 3. The Kier molecular flexibility index (Phi) is 3.91. The number of hydrogen-bond donors (Lipinski definition) is 2. The molecule has 8 heteroatoms. The molecule has 5 nitrogen and oxygen atoms in total. The summed E-state index contributed by atoms with van der Waals surface area (Å²) >= 11 is 0. The van der Waals surface area contributed by atoms with Crippen molar-refractivity contribution in [2.24, 2.45) is 5.73 Å². The predicted octanol–water partition coefficient (Wildman–Crippen LogP) is 1.41. The van der Waals surface area contributed by atoms with Gasteiger partial charge in [-0.3, -0.25) is 0 Å². The van der Waals surface area contributed by atoms with Gasteiger partial charge in [0.25, 0.3) is 0 Å². The molecule has 0 spiro atoms. The molecule has 1 saturated carbocycles. The van der Waals surface area contributed by atoms with E-state index in [1.807, 2.05) is 6.92 Å². The fraction of sp³-hybridized carbons (Fsp3) is 0.636. The Bertz CT molecular complexity index is 421. The third-order valence-corrected chi connectivity index (χ3v) is 3.02. The van der Waals surface area contributed by atoms with Crippen LogP contribution in [0.3, 0.4) is 0 Å². The third-order valence-electron chi connectivity index (χ3n) is 3.02. The third kappa shape index (κ3) is 3.13. The summed E-state index contributed by atoms with van der Waals surface area (Å²) in [5.41, 5.74) is 4.80. The van der Waals surface area contributed by atoms with Crippen LogP contribution in [0.15, 0.2) is 12.1 Å². The minimum absolute atomic E-state index is 0.0379.